The Morgan fingerprint density at radius 1 is 0.221 bits per heavy atom. The molecular formula is C76H62Si. The van der Waals surface area contributed by atoms with Gasteiger partial charge in [-0.15, -0.1) is 0 Å². The van der Waals surface area contributed by atoms with Gasteiger partial charge in [-0.1, -0.05) is 274 Å². The summed E-state index contributed by atoms with van der Waals surface area (Å²) >= 11 is 0. The SMILES string of the molecule is CC1(C)c2ccccc2-c2ccc(C3=C(c4ccc5c(c4)C(C)(C)c4ccccc4-5)[Si](c4ccccc4)(c4ccccc4)C(c4ccc5c(c4)C(C)(C)c4ccccc4-5)=C3c3ccc4c(c3)C(C)(C)c3ccccc3-4)cc21. The normalized spacial score (nSPS) is 17.5. The van der Waals surface area contributed by atoms with Gasteiger partial charge in [-0.2, -0.15) is 0 Å². The minimum Gasteiger partial charge on any atom is -0.0623 e. The van der Waals surface area contributed by atoms with Crippen LogP contribution in [0.1, 0.15) is 122 Å². The van der Waals surface area contributed by atoms with Crippen LogP contribution < -0.4 is 10.4 Å². The third-order valence-electron chi connectivity index (χ3n) is 19.4. The highest BCUT2D eigenvalue weighted by Gasteiger charge is 2.55. The standard InChI is InChI=1S/C76H62Si/c1-73(2)61-31-19-15-27-53(61)57-39-35-47(43-65(57)73)69-70(48-36-40-58-54-28-16-20-32-62(54)74(3,4)66(58)44-48)72(50-38-42-60-56-30-18-22-34-64(56)76(7,8)68(60)46-50)77(51-23-11-9-12-24-51,52-25-13-10-14-26-52)71(69)49-37-41-59-55-29-17-21-33-63(55)75(5,6)67(59)45-49/h9-46H,1-8H3. The molecule has 0 aromatic heterocycles. The molecule has 0 nitrogen and oxygen atoms in total. The summed E-state index contributed by atoms with van der Waals surface area (Å²) in [5.74, 6) is 0. The summed E-state index contributed by atoms with van der Waals surface area (Å²) in [5, 5.41) is 5.68. The van der Waals surface area contributed by atoms with Crippen LogP contribution >= 0.6 is 0 Å². The Kier molecular flexibility index (Phi) is 9.59. The van der Waals surface area contributed by atoms with E-state index in [1.54, 1.807) is 0 Å². The van der Waals surface area contributed by atoms with Gasteiger partial charge in [-0.3, -0.25) is 0 Å². The molecule has 0 atom stereocenters. The van der Waals surface area contributed by atoms with Crippen molar-refractivity contribution in [1.29, 1.82) is 0 Å². The molecular weight excluding hydrogens is 941 g/mol. The first kappa shape index (κ1) is 46.2. The van der Waals surface area contributed by atoms with Crippen LogP contribution in [0, 0.1) is 0 Å². The molecule has 0 fully saturated rings. The van der Waals surface area contributed by atoms with E-state index in [0.717, 1.165) is 0 Å². The van der Waals surface area contributed by atoms with Gasteiger partial charge in [0.25, 0.3) is 0 Å². The van der Waals surface area contributed by atoms with E-state index in [-0.39, 0.29) is 21.7 Å². The van der Waals surface area contributed by atoms with E-state index in [4.69, 9.17) is 0 Å². The zero-order chi connectivity index (χ0) is 52.4. The van der Waals surface area contributed by atoms with E-state index < -0.39 is 8.07 Å². The van der Waals surface area contributed by atoms with Crippen LogP contribution in [0.2, 0.25) is 0 Å². The van der Waals surface area contributed by atoms with Gasteiger partial charge in [0.2, 0.25) is 0 Å². The number of hydrogen-bond donors (Lipinski definition) is 0. The van der Waals surface area contributed by atoms with Crippen LogP contribution in [-0.2, 0) is 21.7 Å². The molecule has 0 amide bonds. The van der Waals surface area contributed by atoms with E-state index in [2.05, 4.69) is 286 Å². The first-order valence-electron chi connectivity index (χ1n) is 27.8. The molecule has 1 aliphatic heterocycles. The molecule has 77 heavy (non-hydrogen) atoms. The molecule has 0 N–H and O–H groups in total. The highest BCUT2D eigenvalue weighted by molar-refractivity contribution is 7.29. The van der Waals surface area contributed by atoms with Gasteiger partial charge < -0.3 is 0 Å². The highest BCUT2D eigenvalue weighted by Crippen LogP contribution is 2.61. The predicted octanol–water partition coefficient (Wildman–Crippen LogP) is 17.8. The molecule has 10 aromatic carbocycles. The average Bonchev–Trinajstić information content (AvgIpc) is 4.36. The lowest BCUT2D eigenvalue weighted by Crippen LogP contribution is -2.59. The van der Waals surface area contributed by atoms with Gasteiger partial charge in [0.1, 0.15) is 0 Å². The van der Waals surface area contributed by atoms with Crippen molar-refractivity contribution in [3.8, 4) is 44.5 Å². The summed E-state index contributed by atoms with van der Waals surface area (Å²) in [6.07, 6.45) is 0. The second kappa shape index (κ2) is 16.0. The Morgan fingerprint density at radius 2 is 0.455 bits per heavy atom. The Labute approximate surface area is 456 Å². The summed E-state index contributed by atoms with van der Waals surface area (Å²) < 4.78 is 0. The minimum atomic E-state index is -3.42. The van der Waals surface area contributed by atoms with Gasteiger partial charge in [-0.05, 0) is 155 Å². The molecule has 15 rings (SSSR count). The van der Waals surface area contributed by atoms with Crippen molar-refractivity contribution >= 4 is 40.0 Å². The van der Waals surface area contributed by atoms with Gasteiger partial charge in [0.05, 0.1) is 0 Å². The van der Waals surface area contributed by atoms with E-state index in [1.165, 1.54) is 143 Å². The van der Waals surface area contributed by atoms with Gasteiger partial charge >= 0.3 is 0 Å². The summed E-state index contributed by atoms with van der Waals surface area (Å²) in [6.45, 7) is 19.5. The Hall–Kier alpha value is -8.10. The fourth-order valence-electron chi connectivity index (χ4n) is 15.6. The lowest BCUT2D eigenvalue weighted by atomic mass is 9.79. The predicted molar refractivity (Wildman–Crippen MR) is 328 cm³/mol. The molecule has 0 bridgehead atoms. The van der Waals surface area contributed by atoms with Crippen molar-refractivity contribution in [3.63, 3.8) is 0 Å². The number of allylic oxidation sites excluding steroid dienone is 2. The Balaban J connectivity index is 1.14. The Morgan fingerprint density at radius 3 is 0.753 bits per heavy atom. The van der Waals surface area contributed by atoms with Crippen molar-refractivity contribution in [2.24, 2.45) is 0 Å². The van der Waals surface area contributed by atoms with Crippen LogP contribution in [0.5, 0.6) is 0 Å². The largest absolute Gasteiger partial charge is 0.182 e. The van der Waals surface area contributed by atoms with Crippen molar-refractivity contribution in [1.82, 2.24) is 0 Å². The first-order chi connectivity index (χ1) is 37.2. The van der Waals surface area contributed by atoms with Crippen LogP contribution in [-0.4, -0.2) is 8.07 Å². The first-order valence-corrected chi connectivity index (χ1v) is 29.8. The zero-order valence-electron chi connectivity index (χ0n) is 45.4. The number of hydrogen-bond acceptors (Lipinski definition) is 0. The average molecular weight is 1000 g/mol. The molecule has 0 spiro atoms. The number of rotatable bonds is 6. The van der Waals surface area contributed by atoms with Crippen molar-refractivity contribution in [2.75, 3.05) is 0 Å². The van der Waals surface area contributed by atoms with E-state index in [1.807, 2.05) is 0 Å². The summed E-state index contributed by atoms with van der Waals surface area (Å²) in [4.78, 5) is 0. The molecule has 370 valence electrons. The fraction of sp³-hybridized carbons (Fsp3) is 0.158. The van der Waals surface area contributed by atoms with Crippen LogP contribution in [0.15, 0.2) is 231 Å². The van der Waals surface area contributed by atoms with E-state index >= 15 is 0 Å². The molecule has 0 radical (unpaired) electrons. The molecule has 0 saturated heterocycles. The minimum absolute atomic E-state index is 0.200. The number of fused-ring (bicyclic) bond motifs is 12. The molecule has 10 aromatic rings. The van der Waals surface area contributed by atoms with Gasteiger partial charge in [0, 0.05) is 21.7 Å². The lowest BCUT2D eigenvalue weighted by molar-refractivity contribution is 0.660. The number of benzene rings is 10. The maximum atomic E-state index is 2.64. The monoisotopic (exact) mass is 1000 g/mol. The second-order valence-corrected chi connectivity index (χ2v) is 28.4. The zero-order valence-corrected chi connectivity index (χ0v) is 46.4. The molecule has 0 unspecified atom stereocenters. The quantitative estimate of drug-likeness (QED) is 0.146. The third-order valence-corrected chi connectivity index (χ3v) is 24.4. The summed E-state index contributed by atoms with van der Waals surface area (Å²) in [5.41, 5.74) is 28.9. The molecule has 4 aliphatic carbocycles. The molecule has 1 heteroatoms. The van der Waals surface area contributed by atoms with Crippen molar-refractivity contribution in [3.05, 3.63) is 297 Å². The van der Waals surface area contributed by atoms with Crippen LogP contribution in [0.25, 0.3) is 66.0 Å². The maximum absolute atomic E-state index is 3.42. The van der Waals surface area contributed by atoms with Crippen molar-refractivity contribution in [2.45, 2.75) is 77.0 Å². The fourth-order valence-corrected chi connectivity index (χ4v) is 21.2. The Bertz CT molecular complexity index is 3970. The van der Waals surface area contributed by atoms with Gasteiger partial charge in [0.15, 0.2) is 8.07 Å². The molecule has 0 saturated carbocycles. The van der Waals surface area contributed by atoms with Crippen LogP contribution in [0.3, 0.4) is 0 Å². The molecule has 5 aliphatic rings. The second-order valence-electron chi connectivity index (χ2n) is 24.7. The topological polar surface area (TPSA) is 0 Å². The smallest absolute Gasteiger partial charge is 0.0623 e. The van der Waals surface area contributed by atoms with Crippen molar-refractivity contribution < 1.29 is 0 Å². The van der Waals surface area contributed by atoms with Crippen LogP contribution in [0.4, 0.5) is 0 Å². The summed E-state index contributed by atoms with van der Waals surface area (Å²) in [6, 6.07) is 90.4. The third kappa shape index (κ3) is 6.10. The maximum Gasteiger partial charge on any atom is 0.182 e. The lowest BCUT2D eigenvalue weighted by Gasteiger charge is -2.37. The summed E-state index contributed by atoms with van der Waals surface area (Å²) in [7, 11) is -3.42. The highest BCUT2D eigenvalue weighted by atomic mass is 28.3. The van der Waals surface area contributed by atoms with E-state index in [9.17, 15) is 0 Å². The van der Waals surface area contributed by atoms with E-state index in [0.29, 0.717) is 0 Å². The van der Waals surface area contributed by atoms with Gasteiger partial charge in [-0.25, -0.2) is 0 Å². The molecule has 1 heterocycles.